The topological polar surface area (TPSA) is 46.0 Å². The van der Waals surface area contributed by atoms with Gasteiger partial charge in [0.1, 0.15) is 11.5 Å². The Balaban J connectivity index is 2.94. The van der Waals surface area contributed by atoms with Gasteiger partial charge in [-0.25, -0.2) is 4.98 Å². The fraction of sp³-hybridized carbons (Fsp3) is 0. The van der Waals surface area contributed by atoms with Crippen LogP contribution in [0.4, 0.5) is 0 Å². The zero-order chi connectivity index (χ0) is 11.1. The summed E-state index contributed by atoms with van der Waals surface area (Å²) in [5.74, 6) is 5.38. The number of allylic oxidation sites excluding steroid dienone is 3. The van der Waals surface area contributed by atoms with Crippen molar-refractivity contribution in [3.05, 3.63) is 60.9 Å². The number of hydrogen-bond acceptors (Lipinski definition) is 3. The highest BCUT2D eigenvalue weighted by Gasteiger charge is 1.93. The minimum absolute atomic E-state index is 0.0914. The van der Waals surface area contributed by atoms with Crippen molar-refractivity contribution in [1.29, 1.82) is 0 Å². The Bertz CT molecular complexity index is 450. The van der Waals surface area contributed by atoms with Gasteiger partial charge in [0.15, 0.2) is 0 Å². The molecule has 0 saturated carbocycles. The molecule has 0 spiro atoms. The molecule has 0 amide bonds. The van der Waals surface area contributed by atoms with Crippen LogP contribution in [0.5, 0.6) is 0 Å². The summed E-state index contributed by atoms with van der Waals surface area (Å²) in [5.41, 5.74) is 0.948. The second-order valence-electron chi connectivity index (χ2n) is 2.60. The minimum atomic E-state index is -0.0914. The average Bonchev–Trinajstić information content (AvgIpc) is 2.25. The molecule has 0 aliphatic heterocycles. The molecule has 3 heteroatoms. The molecule has 0 aromatic carbocycles. The lowest BCUT2D eigenvalue weighted by Crippen LogP contribution is -1.85. The van der Waals surface area contributed by atoms with E-state index in [0.29, 0.717) is 11.3 Å². The van der Waals surface area contributed by atoms with Crippen molar-refractivity contribution in [3.63, 3.8) is 0 Å². The lowest BCUT2D eigenvalue weighted by atomic mass is 10.2. The van der Waals surface area contributed by atoms with Crippen molar-refractivity contribution in [2.75, 3.05) is 0 Å². The minimum Gasteiger partial charge on any atom is -0.507 e. The van der Waals surface area contributed by atoms with E-state index in [0.717, 1.165) is 0 Å². The van der Waals surface area contributed by atoms with Crippen molar-refractivity contribution in [2.45, 2.75) is 0 Å². The van der Waals surface area contributed by atoms with Crippen LogP contribution in [0.1, 0.15) is 5.69 Å². The summed E-state index contributed by atoms with van der Waals surface area (Å²) in [6.45, 7) is 6.90. The van der Waals surface area contributed by atoms with Crippen molar-refractivity contribution in [2.24, 2.45) is 0 Å². The second kappa shape index (κ2) is 5.40. The Morgan fingerprint density at radius 1 is 1.47 bits per heavy atom. The fourth-order valence-electron chi connectivity index (χ4n) is 0.823. The van der Waals surface area contributed by atoms with E-state index in [9.17, 15) is 5.11 Å². The maximum absolute atomic E-state index is 9.17. The van der Waals surface area contributed by atoms with Crippen LogP contribution in [-0.2, 0) is 0 Å². The molecule has 1 heterocycles. The summed E-state index contributed by atoms with van der Waals surface area (Å²) in [6, 6.07) is 0. The zero-order valence-electron chi connectivity index (χ0n) is 8.14. The molecule has 0 aliphatic carbocycles. The van der Waals surface area contributed by atoms with Crippen molar-refractivity contribution >= 4 is 0 Å². The van der Waals surface area contributed by atoms with Gasteiger partial charge in [-0.15, -0.1) is 0 Å². The van der Waals surface area contributed by atoms with Crippen LogP contribution in [0, 0.1) is 11.8 Å². The molecule has 74 valence electrons. The van der Waals surface area contributed by atoms with Crippen LogP contribution in [0.15, 0.2) is 55.2 Å². The van der Waals surface area contributed by atoms with Gasteiger partial charge >= 0.3 is 0 Å². The van der Waals surface area contributed by atoms with Crippen LogP contribution in [0.25, 0.3) is 0 Å². The molecule has 0 unspecified atom stereocenters. The first-order valence-electron chi connectivity index (χ1n) is 4.23. The standard InChI is InChI=1S/C12H10N2O/c1-3-4-11(10(2)15)5-6-12-9-13-7-8-14-12/h3-4,7-9,15H,1-2H2/b11-4-. The van der Waals surface area contributed by atoms with Crippen LogP contribution >= 0.6 is 0 Å². The monoisotopic (exact) mass is 198 g/mol. The van der Waals surface area contributed by atoms with Gasteiger partial charge in [0.05, 0.1) is 11.8 Å². The van der Waals surface area contributed by atoms with E-state index in [4.69, 9.17) is 0 Å². The SMILES string of the molecule is C=C/C=C(/C#Cc1cnccn1)C(=C)O. The largest absolute Gasteiger partial charge is 0.507 e. The maximum atomic E-state index is 9.17. The molecule has 15 heavy (non-hydrogen) atoms. The Hall–Kier alpha value is -2.34. The molecule has 1 rings (SSSR count). The third-order valence-electron chi connectivity index (χ3n) is 1.48. The number of rotatable bonds is 2. The summed E-state index contributed by atoms with van der Waals surface area (Å²) in [5, 5.41) is 9.17. The number of nitrogens with zero attached hydrogens (tertiary/aromatic N) is 2. The van der Waals surface area contributed by atoms with Gasteiger partial charge in [0.25, 0.3) is 0 Å². The molecule has 1 aromatic rings. The second-order valence-corrected chi connectivity index (χ2v) is 2.60. The van der Waals surface area contributed by atoms with Gasteiger partial charge in [0, 0.05) is 12.4 Å². The van der Waals surface area contributed by atoms with E-state index < -0.39 is 0 Å². The number of hydrogen-bond donors (Lipinski definition) is 1. The maximum Gasteiger partial charge on any atom is 0.131 e. The molecule has 0 radical (unpaired) electrons. The summed E-state index contributed by atoms with van der Waals surface area (Å²) in [4.78, 5) is 7.83. The van der Waals surface area contributed by atoms with E-state index >= 15 is 0 Å². The van der Waals surface area contributed by atoms with Crippen LogP contribution in [-0.4, -0.2) is 15.1 Å². The molecular formula is C12H10N2O. The fourth-order valence-corrected chi connectivity index (χ4v) is 0.823. The van der Waals surface area contributed by atoms with Gasteiger partial charge in [-0.3, -0.25) is 4.98 Å². The molecule has 0 atom stereocenters. The van der Waals surface area contributed by atoms with Gasteiger partial charge in [-0.2, -0.15) is 0 Å². The Morgan fingerprint density at radius 2 is 2.27 bits per heavy atom. The first kappa shape index (κ1) is 10.7. The summed E-state index contributed by atoms with van der Waals surface area (Å²) in [7, 11) is 0. The van der Waals surface area contributed by atoms with Crippen molar-refractivity contribution < 1.29 is 5.11 Å². The highest BCUT2D eigenvalue weighted by Crippen LogP contribution is 2.02. The molecule has 0 aliphatic rings. The molecule has 3 nitrogen and oxygen atoms in total. The van der Waals surface area contributed by atoms with Crippen LogP contribution in [0.2, 0.25) is 0 Å². The Morgan fingerprint density at radius 3 is 2.80 bits per heavy atom. The summed E-state index contributed by atoms with van der Waals surface area (Å²) >= 11 is 0. The molecule has 0 bridgehead atoms. The number of aliphatic hydroxyl groups excluding tert-OH is 1. The number of aliphatic hydroxyl groups is 1. The van der Waals surface area contributed by atoms with E-state index in [1.165, 1.54) is 6.08 Å². The summed E-state index contributed by atoms with van der Waals surface area (Å²) in [6.07, 6.45) is 7.76. The molecule has 1 N–H and O–H groups in total. The predicted octanol–water partition coefficient (Wildman–Crippen LogP) is 2.01. The van der Waals surface area contributed by atoms with E-state index in [-0.39, 0.29) is 5.76 Å². The molecule has 0 saturated heterocycles. The van der Waals surface area contributed by atoms with Gasteiger partial charge < -0.3 is 5.11 Å². The third kappa shape index (κ3) is 3.49. The van der Waals surface area contributed by atoms with Crippen LogP contribution in [0.3, 0.4) is 0 Å². The van der Waals surface area contributed by atoms with E-state index in [1.807, 2.05) is 0 Å². The quantitative estimate of drug-likeness (QED) is 0.449. The van der Waals surface area contributed by atoms with Crippen molar-refractivity contribution in [3.8, 4) is 11.8 Å². The normalized spacial score (nSPS) is 10.0. The predicted molar refractivity (Wildman–Crippen MR) is 59.0 cm³/mol. The Labute approximate surface area is 88.5 Å². The molecule has 1 aromatic heterocycles. The molecular weight excluding hydrogens is 188 g/mol. The number of aromatic nitrogens is 2. The smallest absolute Gasteiger partial charge is 0.131 e. The van der Waals surface area contributed by atoms with E-state index in [1.54, 1.807) is 24.7 Å². The molecule has 0 fully saturated rings. The first-order chi connectivity index (χ1) is 7.24. The van der Waals surface area contributed by atoms with Crippen LogP contribution < -0.4 is 0 Å². The third-order valence-corrected chi connectivity index (χ3v) is 1.48. The highest BCUT2D eigenvalue weighted by molar-refractivity contribution is 5.45. The first-order valence-corrected chi connectivity index (χ1v) is 4.23. The highest BCUT2D eigenvalue weighted by atomic mass is 16.3. The van der Waals surface area contributed by atoms with Gasteiger partial charge in [-0.1, -0.05) is 25.2 Å². The Kier molecular flexibility index (Phi) is 3.87. The van der Waals surface area contributed by atoms with Crippen molar-refractivity contribution in [1.82, 2.24) is 9.97 Å². The van der Waals surface area contributed by atoms with Gasteiger partial charge in [-0.05, 0) is 12.0 Å². The van der Waals surface area contributed by atoms with Gasteiger partial charge in [0.2, 0.25) is 0 Å². The lowest BCUT2D eigenvalue weighted by Gasteiger charge is -1.93. The lowest BCUT2D eigenvalue weighted by molar-refractivity contribution is 0.430. The average molecular weight is 198 g/mol. The summed E-state index contributed by atoms with van der Waals surface area (Å²) < 4.78 is 0. The van der Waals surface area contributed by atoms with E-state index in [2.05, 4.69) is 35.0 Å². The zero-order valence-corrected chi connectivity index (χ0v) is 8.14.